The van der Waals surface area contributed by atoms with Crippen molar-refractivity contribution in [3.8, 4) is 6.07 Å². The van der Waals surface area contributed by atoms with Crippen molar-refractivity contribution in [1.29, 1.82) is 5.26 Å². The van der Waals surface area contributed by atoms with Crippen molar-refractivity contribution in [1.82, 2.24) is 19.2 Å². The molecule has 0 aliphatic heterocycles. The second-order valence-corrected chi connectivity index (χ2v) is 7.14. The Bertz CT molecular complexity index is 1040. The molecule has 1 aromatic carbocycles. The largest absolute Gasteiger partial charge is 0.338 e. The van der Waals surface area contributed by atoms with E-state index in [-0.39, 0.29) is 5.43 Å². The van der Waals surface area contributed by atoms with Gasteiger partial charge in [0.25, 0.3) is 0 Å². The van der Waals surface area contributed by atoms with Crippen LogP contribution >= 0.6 is 0 Å². The number of nitriles is 1. The lowest BCUT2D eigenvalue weighted by Gasteiger charge is -2.20. The molecule has 6 heteroatoms. The van der Waals surface area contributed by atoms with Crippen LogP contribution in [0, 0.1) is 18.3 Å². The molecule has 2 aromatic heterocycles. The third-order valence-corrected chi connectivity index (χ3v) is 5.09. The Balaban J connectivity index is 1.94. The van der Waals surface area contributed by atoms with E-state index >= 15 is 0 Å². The predicted molar refractivity (Wildman–Crippen MR) is 109 cm³/mol. The molecule has 0 atom stereocenters. The lowest BCUT2D eigenvalue weighted by molar-refractivity contribution is 0.291. The summed E-state index contributed by atoms with van der Waals surface area (Å²) >= 11 is 0. The van der Waals surface area contributed by atoms with Crippen LogP contribution in [0.15, 0.2) is 29.2 Å². The van der Waals surface area contributed by atoms with E-state index in [9.17, 15) is 4.79 Å². The average Bonchev–Trinajstić information content (AvgIpc) is 3.04. The Hall–Kier alpha value is -2.65. The smallest absolute Gasteiger partial charge is 0.215 e. The normalized spacial score (nSPS) is 11.5. The van der Waals surface area contributed by atoms with Gasteiger partial charge >= 0.3 is 0 Å². The highest BCUT2D eigenvalue weighted by atomic mass is 16.1. The van der Waals surface area contributed by atoms with Crippen LogP contribution in [0.3, 0.4) is 0 Å². The van der Waals surface area contributed by atoms with Crippen LogP contribution in [-0.2, 0) is 13.6 Å². The van der Waals surface area contributed by atoms with Gasteiger partial charge in [-0.25, -0.2) is 0 Å². The van der Waals surface area contributed by atoms with E-state index in [1.165, 1.54) is 0 Å². The molecule has 2 heterocycles. The summed E-state index contributed by atoms with van der Waals surface area (Å²) in [7, 11) is 1.81. The Morgan fingerprint density at radius 2 is 2.00 bits per heavy atom. The number of nitrogens with zero attached hydrogens (tertiary/aromatic N) is 5. The van der Waals surface area contributed by atoms with E-state index in [0.717, 1.165) is 60.9 Å². The topological polar surface area (TPSA) is 66.8 Å². The molecule has 6 nitrogen and oxygen atoms in total. The number of pyridine rings is 1. The maximum Gasteiger partial charge on any atom is 0.215 e. The number of aryl methyl sites for hydroxylation is 3. The van der Waals surface area contributed by atoms with Crippen LogP contribution in [0.1, 0.15) is 31.7 Å². The van der Waals surface area contributed by atoms with Gasteiger partial charge in [0.05, 0.1) is 29.8 Å². The molecule has 0 unspecified atom stereocenters. The van der Waals surface area contributed by atoms with Crippen molar-refractivity contribution in [2.24, 2.45) is 7.05 Å². The van der Waals surface area contributed by atoms with Crippen molar-refractivity contribution in [3.63, 3.8) is 0 Å². The van der Waals surface area contributed by atoms with E-state index in [1.807, 2.05) is 32.2 Å². The summed E-state index contributed by atoms with van der Waals surface area (Å²) in [6.07, 6.45) is 4.93. The summed E-state index contributed by atoms with van der Waals surface area (Å²) in [5.41, 5.74) is 3.58. The molecular weight excluding hydrogens is 338 g/mol. The number of hydrogen-bond donors (Lipinski definition) is 0. The van der Waals surface area contributed by atoms with Crippen LogP contribution in [0.2, 0.25) is 0 Å². The van der Waals surface area contributed by atoms with E-state index in [4.69, 9.17) is 5.26 Å². The third-order valence-electron chi connectivity index (χ3n) is 5.09. The van der Waals surface area contributed by atoms with Gasteiger partial charge in [-0.3, -0.25) is 14.4 Å². The van der Waals surface area contributed by atoms with Crippen molar-refractivity contribution in [2.75, 3.05) is 19.6 Å². The molecule has 0 bridgehead atoms. The molecule has 27 heavy (non-hydrogen) atoms. The fourth-order valence-corrected chi connectivity index (χ4v) is 3.66. The van der Waals surface area contributed by atoms with Crippen molar-refractivity contribution >= 4 is 21.9 Å². The molecule has 142 valence electrons. The molecule has 0 radical (unpaired) electrons. The second-order valence-electron chi connectivity index (χ2n) is 7.14. The van der Waals surface area contributed by atoms with Crippen LogP contribution < -0.4 is 5.43 Å². The minimum Gasteiger partial charge on any atom is -0.338 e. The monoisotopic (exact) mass is 365 g/mol. The first-order valence-corrected chi connectivity index (χ1v) is 9.61. The van der Waals surface area contributed by atoms with Crippen LogP contribution in [0.4, 0.5) is 0 Å². The van der Waals surface area contributed by atoms with Gasteiger partial charge in [0, 0.05) is 25.5 Å². The fourth-order valence-electron chi connectivity index (χ4n) is 3.66. The van der Waals surface area contributed by atoms with E-state index < -0.39 is 0 Å². The zero-order chi connectivity index (χ0) is 19.4. The summed E-state index contributed by atoms with van der Waals surface area (Å²) in [5.74, 6) is 0. The molecule has 0 saturated carbocycles. The first-order valence-electron chi connectivity index (χ1n) is 9.61. The average molecular weight is 365 g/mol. The van der Waals surface area contributed by atoms with Gasteiger partial charge in [-0.05, 0) is 38.4 Å². The zero-order valence-electron chi connectivity index (χ0n) is 16.4. The standard InChI is InChI=1S/C21H27N5O/c1-4-5-10-25(13-9-22)11-6-12-26-18-8-7-16(2)14-17(18)21(27)20-19(26)15-23-24(20)3/h7-8,14-15H,4-6,10-13H2,1-3H3. The summed E-state index contributed by atoms with van der Waals surface area (Å²) in [5, 5.41) is 14.1. The SMILES string of the molecule is CCCCN(CC#N)CCCn1c2ccc(C)cc2c(=O)c2c1cnn2C. The van der Waals surface area contributed by atoms with Crippen LogP contribution in [0.25, 0.3) is 21.9 Å². The van der Waals surface area contributed by atoms with Crippen LogP contribution in [0.5, 0.6) is 0 Å². The minimum atomic E-state index is 0.0361. The number of unbranched alkanes of at least 4 members (excludes halogenated alkanes) is 1. The highest BCUT2D eigenvalue weighted by Crippen LogP contribution is 2.20. The maximum atomic E-state index is 12.9. The number of hydrogen-bond acceptors (Lipinski definition) is 4. The summed E-state index contributed by atoms with van der Waals surface area (Å²) in [6.45, 7) is 7.25. The molecule has 0 spiro atoms. The third kappa shape index (κ3) is 3.88. The highest BCUT2D eigenvalue weighted by Gasteiger charge is 2.14. The molecular formula is C21H27N5O. The van der Waals surface area contributed by atoms with Crippen LogP contribution in [-0.4, -0.2) is 38.9 Å². The Morgan fingerprint density at radius 1 is 1.22 bits per heavy atom. The van der Waals surface area contributed by atoms with E-state index in [2.05, 4.69) is 27.6 Å². The molecule has 0 aliphatic rings. The van der Waals surface area contributed by atoms with E-state index in [0.29, 0.717) is 12.1 Å². The number of benzene rings is 1. The van der Waals surface area contributed by atoms with Gasteiger partial charge in [0.2, 0.25) is 5.43 Å². The Morgan fingerprint density at radius 3 is 2.74 bits per heavy atom. The fraction of sp³-hybridized carbons (Fsp3) is 0.476. The lowest BCUT2D eigenvalue weighted by Crippen LogP contribution is -2.27. The molecule has 0 saturated heterocycles. The van der Waals surface area contributed by atoms with Crippen molar-refractivity contribution < 1.29 is 0 Å². The molecule has 3 aromatic rings. The summed E-state index contributed by atoms with van der Waals surface area (Å²) in [4.78, 5) is 15.1. The second kappa shape index (κ2) is 8.36. The van der Waals surface area contributed by atoms with Gasteiger partial charge in [0.1, 0.15) is 5.52 Å². The first-order chi connectivity index (χ1) is 13.1. The quantitative estimate of drug-likeness (QED) is 0.575. The predicted octanol–water partition coefficient (Wildman–Crippen LogP) is 3.21. The summed E-state index contributed by atoms with van der Waals surface area (Å²) in [6, 6.07) is 8.30. The zero-order valence-corrected chi connectivity index (χ0v) is 16.4. The highest BCUT2D eigenvalue weighted by molar-refractivity contribution is 5.92. The number of fused-ring (bicyclic) bond motifs is 2. The molecule has 0 amide bonds. The lowest BCUT2D eigenvalue weighted by atomic mass is 10.1. The first kappa shape index (κ1) is 19.1. The van der Waals surface area contributed by atoms with Gasteiger partial charge in [-0.15, -0.1) is 0 Å². The molecule has 0 fully saturated rings. The Kier molecular flexibility index (Phi) is 5.92. The van der Waals surface area contributed by atoms with Crippen molar-refractivity contribution in [2.45, 2.75) is 39.7 Å². The summed E-state index contributed by atoms with van der Waals surface area (Å²) < 4.78 is 3.86. The number of rotatable bonds is 8. The molecule has 3 rings (SSSR count). The Labute approximate surface area is 159 Å². The minimum absolute atomic E-state index is 0.0361. The maximum absolute atomic E-state index is 12.9. The van der Waals surface area contributed by atoms with Gasteiger partial charge < -0.3 is 4.57 Å². The van der Waals surface area contributed by atoms with Gasteiger partial charge in [0.15, 0.2) is 0 Å². The number of aromatic nitrogens is 3. The molecule has 0 aliphatic carbocycles. The molecule has 0 N–H and O–H groups in total. The van der Waals surface area contributed by atoms with Gasteiger partial charge in [-0.2, -0.15) is 10.4 Å². The van der Waals surface area contributed by atoms with Crippen molar-refractivity contribution in [3.05, 3.63) is 40.2 Å². The van der Waals surface area contributed by atoms with Gasteiger partial charge in [-0.1, -0.05) is 25.0 Å². The van der Waals surface area contributed by atoms with E-state index in [1.54, 1.807) is 10.9 Å².